The summed E-state index contributed by atoms with van der Waals surface area (Å²) >= 11 is 6.13. The number of anilines is 3. The lowest BCUT2D eigenvalue weighted by atomic mass is 10.2. The highest BCUT2D eigenvalue weighted by atomic mass is 35.5. The largest absolute Gasteiger partial charge is 0.374 e. The Balaban J connectivity index is 2.00. The number of benzene rings is 2. The highest BCUT2D eigenvalue weighted by Gasteiger charge is 2.13. The van der Waals surface area contributed by atoms with Crippen LogP contribution in [0.4, 0.5) is 17.1 Å². The van der Waals surface area contributed by atoms with E-state index >= 15 is 0 Å². The first-order chi connectivity index (χ1) is 11.3. The first-order valence-corrected chi connectivity index (χ1v) is 7.94. The molecule has 1 atom stereocenters. The molecule has 0 bridgehead atoms. The van der Waals surface area contributed by atoms with E-state index in [0.29, 0.717) is 16.4 Å². The molecule has 0 radical (unpaired) electrons. The molecule has 0 saturated heterocycles. The van der Waals surface area contributed by atoms with Gasteiger partial charge in [-0.3, -0.25) is 9.59 Å². The molecule has 0 spiro atoms. The molecular formula is C18H20ClN3O2. The quantitative estimate of drug-likeness (QED) is 0.765. The minimum absolute atomic E-state index is 0.150. The molecule has 5 nitrogen and oxygen atoms in total. The van der Waals surface area contributed by atoms with E-state index in [0.717, 1.165) is 11.3 Å². The first-order valence-electron chi connectivity index (χ1n) is 7.56. The maximum Gasteiger partial charge on any atom is 0.246 e. The number of hydrogen-bond donors (Lipinski definition) is 3. The van der Waals surface area contributed by atoms with Gasteiger partial charge in [-0.2, -0.15) is 0 Å². The molecule has 0 aromatic heterocycles. The van der Waals surface area contributed by atoms with Crippen LogP contribution in [0, 0.1) is 6.92 Å². The van der Waals surface area contributed by atoms with Crippen molar-refractivity contribution in [2.45, 2.75) is 26.8 Å². The van der Waals surface area contributed by atoms with E-state index in [1.165, 1.54) is 6.92 Å². The Kier molecular flexibility index (Phi) is 5.82. The number of carbonyl (C=O) groups is 2. The fourth-order valence-electron chi connectivity index (χ4n) is 2.18. The van der Waals surface area contributed by atoms with Crippen LogP contribution in [0.15, 0.2) is 42.5 Å². The van der Waals surface area contributed by atoms with Crippen LogP contribution in [0.5, 0.6) is 0 Å². The molecule has 0 aliphatic heterocycles. The maximum atomic E-state index is 12.3. The highest BCUT2D eigenvalue weighted by Crippen LogP contribution is 2.26. The van der Waals surface area contributed by atoms with Crippen molar-refractivity contribution in [2.75, 3.05) is 16.0 Å². The van der Waals surface area contributed by atoms with Gasteiger partial charge < -0.3 is 16.0 Å². The van der Waals surface area contributed by atoms with E-state index in [1.54, 1.807) is 25.1 Å². The molecule has 2 aromatic rings. The summed E-state index contributed by atoms with van der Waals surface area (Å²) in [5.41, 5.74) is 3.06. The molecule has 0 unspecified atom stereocenters. The van der Waals surface area contributed by atoms with Crippen molar-refractivity contribution in [1.29, 1.82) is 0 Å². The minimum atomic E-state index is -0.451. The van der Waals surface area contributed by atoms with E-state index < -0.39 is 6.04 Å². The Morgan fingerprint density at radius 1 is 1.04 bits per heavy atom. The molecule has 0 fully saturated rings. The predicted molar refractivity (Wildman–Crippen MR) is 98.6 cm³/mol. The predicted octanol–water partition coefficient (Wildman–Crippen LogP) is 4.05. The number of amides is 2. The fourth-order valence-corrected chi connectivity index (χ4v) is 2.41. The maximum absolute atomic E-state index is 12.3. The number of hydrogen-bond acceptors (Lipinski definition) is 3. The summed E-state index contributed by atoms with van der Waals surface area (Å²) < 4.78 is 0. The van der Waals surface area contributed by atoms with Gasteiger partial charge in [-0.1, -0.05) is 23.7 Å². The molecule has 126 valence electrons. The van der Waals surface area contributed by atoms with Crippen molar-refractivity contribution in [3.63, 3.8) is 0 Å². The van der Waals surface area contributed by atoms with E-state index in [4.69, 9.17) is 11.6 Å². The Labute approximate surface area is 146 Å². The lowest BCUT2D eigenvalue weighted by Gasteiger charge is -2.16. The number of rotatable bonds is 5. The molecule has 24 heavy (non-hydrogen) atoms. The second-order valence-corrected chi connectivity index (χ2v) is 6.01. The van der Waals surface area contributed by atoms with Gasteiger partial charge in [0.05, 0.1) is 10.7 Å². The summed E-state index contributed by atoms with van der Waals surface area (Å²) in [5.74, 6) is -0.342. The SMILES string of the molecule is CC(=O)Nc1ccc(N[C@@H](C)C(=O)Nc2cccc(C)c2)cc1Cl. The van der Waals surface area contributed by atoms with Gasteiger partial charge in [0.25, 0.3) is 0 Å². The molecule has 2 aromatic carbocycles. The topological polar surface area (TPSA) is 70.2 Å². The lowest BCUT2D eigenvalue weighted by Crippen LogP contribution is -2.31. The Morgan fingerprint density at radius 3 is 2.42 bits per heavy atom. The Bertz CT molecular complexity index is 762. The Morgan fingerprint density at radius 2 is 1.79 bits per heavy atom. The van der Waals surface area contributed by atoms with Crippen LogP contribution in [0.2, 0.25) is 5.02 Å². The number of aryl methyl sites for hydroxylation is 1. The van der Waals surface area contributed by atoms with Crippen LogP contribution < -0.4 is 16.0 Å². The van der Waals surface area contributed by atoms with Crippen LogP contribution in [0.3, 0.4) is 0 Å². The van der Waals surface area contributed by atoms with Gasteiger partial charge in [0.2, 0.25) is 11.8 Å². The van der Waals surface area contributed by atoms with Crippen LogP contribution in [-0.2, 0) is 9.59 Å². The molecule has 6 heteroatoms. The lowest BCUT2D eigenvalue weighted by molar-refractivity contribution is -0.116. The molecule has 2 amide bonds. The molecule has 0 aliphatic rings. The summed E-state index contributed by atoms with van der Waals surface area (Å²) in [6, 6.07) is 12.3. The monoisotopic (exact) mass is 345 g/mol. The van der Waals surface area contributed by atoms with Gasteiger partial charge in [-0.15, -0.1) is 0 Å². The zero-order chi connectivity index (χ0) is 17.7. The van der Waals surface area contributed by atoms with Crippen molar-refractivity contribution in [3.8, 4) is 0 Å². The van der Waals surface area contributed by atoms with E-state index in [2.05, 4.69) is 16.0 Å². The van der Waals surface area contributed by atoms with Crippen molar-refractivity contribution in [3.05, 3.63) is 53.1 Å². The third-order valence-electron chi connectivity index (χ3n) is 3.34. The molecular weight excluding hydrogens is 326 g/mol. The summed E-state index contributed by atoms with van der Waals surface area (Å²) in [5, 5.41) is 8.99. The number of nitrogens with one attached hydrogen (secondary N) is 3. The first kappa shape index (κ1) is 17.8. The van der Waals surface area contributed by atoms with Gasteiger partial charge in [-0.25, -0.2) is 0 Å². The molecule has 0 aliphatic carbocycles. The van der Waals surface area contributed by atoms with E-state index in [9.17, 15) is 9.59 Å². The van der Waals surface area contributed by atoms with E-state index in [-0.39, 0.29) is 11.8 Å². The van der Waals surface area contributed by atoms with Gasteiger partial charge in [-0.05, 0) is 49.7 Å². The molecule has 3 N–H and O–H groups in total. The average Bonchev–Trinajstić information content (AvgIpc) is 2.49. The molecule has 2 rings (SSSR count). The van der Waals surface area contributed by atoms with Crippen LogP contribution in [0.1, 0.15) is 19.4 Å². The third-order valence-corrected chi connectivity index (χ3v) is 3.65. The number of halogens is 1. The third kappa shape index (κ3) is 4.99. The second kappa shape index (κ2) is 7.84. The van der Waals surface area contributed by atoms with Gasteiger partial charge >= 0.3 is 0 Å². The van der Waals surface area contributed by atoms with Crippen molar-refractivity contribution in [2.24, 2.45) is 0 Å². The molecule has 0 heterocycles. The van der Waals surface area contributed by atoms with Gasteiger partial charge in [0.15, 0.2) is 0 Å². The standard InChI is InChI=1S/C18H20ClN3O2/c1-11-5-4-6-14(9-11)22-18(24)12(2)20-15-7-8-17(16(19)10-15)21-13(3)23/h4-10,12,20H,1-3H3,(H,21,23)(H,22,24)/t12-/m0/s1. The summed E-state index contributed by atoms with van der Waals surface area (Å²) in [7, 11) is 0. The number of carbonyl (C=O) groups excluding carboxylic acids is 2. The fraction of sp³-hybridized carbons (Fsp3) is 0.222. The van der Waals surface area contributed by atoms with Crippen LogP contribution in [-0.4, -0.2) is 17.9 Å². The summed E-state index contributed by atoms with van der Waals surface area (Å²) in [6.07, 6.45) is 0. The highest BCUT2D eigenvalue weighted by molar-refractivity contribution is 6.34. The van der Waals surface area contributed by atoms with Crippen LogP contribution >= 0.6 is 11.6 Å². The second-order valence-electron chi connectivity index (χ2n) is 5.60. The van der Waals surface area contributed by atoms with Crippen molar-refractivity contribution in [1.82, 2.24) is 0 Å². The van der Waals surface area contributed by atoms with Gasteiger partial charge in [0.1, 0.15) is 6.04 Å². The summed E-state index contributed by atoms with van der Waals surface area (Å²) in [6.45, 7) is 5.15. The normalized spacial score (nSPS) is 11.5. The van der Waals surface area contributed by atoms with Gasteiger partial charge in [0, 0.05) is 18.3 Å². The smallest absolute Gasteiger partial charge is 0.246 e. The molecule has 0 saturated carbocycles. The zero-order valence-corrected chi connectivity index (χ0v) is 14.6. The van der Waals surface area contributed by atoms with E-state index in [1.807, 2.05) is 31.2 Å². The minimum Gasteiger partial charge on any atom is -0.374 e. The summed E-state index contributed by atoms with van der Waals surface area (Å²) in [4.78, 5) is 23.3. The average molecular weight is 346 g/mol. The van der Waals surface area contributed by atoms with Crippen LogP contribution in [0.25, 0.3) is 0 Å². The van der Waals surface area contributed by atoms with Crippen molar-refractivity contribution < 1.29 is 9.59 Å². The zero-order valence-electron chi connectivity index (χ0n) is 13.8. The van der Waals surface area contributed by atoms with Crippen molar-refractivity contribution >= 4 is 40.5 Å². The Hall–Kier alpha value is -2.53.